The number of nitrogens with zero attached hydrogens (tertiary/aromatic N) is 1. The summed E-state index contributed by atoms with van der Waals surface area (Å²) in [5.74, 6) is 0. The zero-order valence-corrected chi connectivity index (χ0v) is 27.3. The summed E-state index contributed by atoms with van der Waals surface area (Å²) in [6, 6.07) is 68.0. The zero-order chi connectivity index (χ0) is 33.0. The number of hydrogen-bond donors (Lipinski definition) is 1. The summed E-state index contributed by atoms with van der Waals surface area (Å²) in [6.07, 6.45) is 0. The molecule has 0 bridgehead atoms. The first-order chi connectivity index (χ1) is 24.8. The Hall–Kier alpha value is -6.64. The molecule has 0 saturated carbocycles. The van der Waals surface area contributed by atoms with Crippen LogP contribution in [0.5, 0.6) is 0 Å². The highest BCUT2D eigenvalue weighted by Gasteiger charge is 2.25. The molecule has 0 radical (unpaired) electrons. The second-order valence-electron chi connectivity index (χ2n) is 13.1. The number of fused-ring (bicyclic) bond motifs is 5. The number of hydrogen-bond acceptors (Lipinski definition) is 1. The van der Waals surface area contributed by atoms with Gasteiger partial charge in [0.15, 0.2) is 0 Å². The van der Waals surface area contributed by atoms with Crippen molar-refractivity contribution in [2.24, 2.45) is 0 Å². The van der Waals surface area contributed by atoms with E-state index < -0.39 is 0 Å². The van der Waals surface area contributed by atoms with Crippen molar-refractivity contribution >= 4 is 38.7 Å². The molecule has 1 N–H and O–H groups in total. The van der Waals surface area contributed by atoms with Crippen LogP contribution in [0.4, 0.5) is 17.1 Å². The van der Waals surface area contributed by atoms with Gasteiger partial charge < -0.3 is 9.88 Å². The van der Waals surface area contributed by atoms with Gasteiger partial charge >= 0.3 is 0 Å². The van der Waals surface area contributed by atoms with Crippen LogP contribution in [0.1, 0.15) is 0 Å². The van der Waals surface area contributed by atoms with Gasteiger partial charge in [-0.3, -0.25) is 0 Å². The molecule has 0 spiro atoms. The molecule has 1 heterocycles. The highest BCUT2D eigenvalue weighted by atomic mass is 15.1. The average molecular weight is 637 g/mol. The Bertz CT molecular complexity index is 2580. The highest BCUT2D eigenvalue weighted by molar-refractivity contribution is 6.21. The van der Waals surface area contributed by atoms with Crippen LogP contribution in [0.3, 0.4) is 0 Å². The fourth-order valence-electron chi connectivity index (χ4n) is 7.75. The summed E-state index contributed by atoms with van der Waals surface area (Å²) >= 11 is 0. The largest absolute Gasteiger partial charge is 0.354 e. The topological polar surface area (TPSA) is 19.0 Å². The van der Waals surface area contributed by atoms with E-state index in [9.17, 15) is 0 Å². The van der Waals surface area contributed by atoms with Crippen molar-refractivity contribution in [2.45, 2.75) is 0 Å². The number of rotatable bonds is 6. The van der Waals surface area contributed by atoms with E-state index in [0.717, 1.165) is 17.1 Å². The molecule has 50 heavy (non-hydrogen) atoms. The van der Waals surface area contributed by atoms with E-state index in [1.54, 1.807) is 0 Å². The lowest BCUT2D eigenvalue weighted by Crippen LogP contribution is -2.10. The van der Waals surface area contributed by atoms with E-state index in [4.69, 9.17) is 0 Å². The van der Waals surface area contributed by atoms with Gasteiger partial charge in [-0.15, -0.1) is 0 Å². The van der Waals surface area contributed by atoms with Crippen LogP contribution in [0, 0.1) is 0 Å². The number of aromatic amines is 1. The molecule has 8 aromatic carbocycles. The van der Waals surface area contributed by atoms with Gasteiger partial charge in [-0.25, -0.2) is 0 Å². The van der Waals surface area contributed by atoms with Gasteiger partial charge in [0.1, 0.15) is 0 Å². The SMILES string of the molecule is c1ccc(-c2ccc(N(c3ccc(-c4ccccc4)cc3)c3cccc(-c4ccc5[nH]c6c(c5c4)-c4cccc5cccc-6c45)c3)cc2)cc1. The Morgan fingerprint density at radius 1 is 0.360 bits per heavy atom. The Morgan fingerprint density at radius 3 is 1.52 bits per heavy atom. The number of nitrogens with one attached hydrogen (secondary N) is 1. The number of anilines is 3. The Labute approximate surface area is 291 Å². The minimum absolute atomic E-state index is 1.11. The fraction of sp³-hybridized carbons (Fsp3) is 0. The van der Waals surface area contributed by atoms with Crippen molar-refractivity contribution in [3.05, 3.63) is 188 Å². The third-order valence-corrected chi connectivity index (χ3v) is 10.1. The van der Waals surface area contributed by atoms with Crippen molar-refractivity contribution in [1.29, 1.82) is 0 Å². The van der Waals surface area contributed by atoms with Crippen LogP contribution < -0.4 is 4.90 Å². The van der Waals surface area contributed by atoms with Gasteiger partial charge in [0.05, 0.1) is 5.69 Å². The molecule has 2 nitrogen and oxygen atoms in total. The van der Waals surface area contributed by atoms with Crippen LogP contribution in [-0.2, 0) is 0 Å². The van der Waals surface area contributed by atoms with E-state index >= 15 is 0 Å². The number of benzene rings is 8. The minimum atomic E-state index is 1.11. The molecule has 0 atom stereocenters. The molecule has 10 rings (SSSR count). The first kappa shape index (κ1) is 28.4. The molecule has 234 valence electrons. The Balaban J connectivity index is 1.07. The van der Waals surface area contributed by atoms with Crippen molar-refractivity contribution in [3.63, 3.8) is 0 Å². The van der Waals surface area contributed by atoms with E-state index in [-0.39, 0.29) is 0 Å². The van der Waals surface area contributed by atoms with Crippen molar-refractivity contribution in [2.75, 3.05) is 4.90 Å². The average Bonchev–Trinajstić information content (AvgIpc) is 3.72. The fourth-order valence-corrected chi connectivity index (χ4v) is 7.75. The first-order valence-corrected chi connectivity index (χ1v) is 17.2. The van der Waals surface area contributed by atoms with Crippen LogP contribution >= 0.6 is 0 Å². The van der Waals surface area contributed by atoms with E-state index in [2.05, 4.69) is 198 Å². The molecule has 0 saturated heterocycles. The molecule has 1 aliphatic rings. The summed E-state index contributed by atoms with van der Waals surface area (Å²) in [4.78, 5) is 6.12. The molecule has 0 aliphatic heterocycles. The lowest BCUT2D eigenvalue weighted by molar-refractivity contribution is 1.28. The summed E-state index contributed by atoms with van der Waals surface area (Å²) in [5, 5.41) is 3.89. The van der Waals surface area contributed by atoms with E-state index in [0.29, 0.717) is 0 Å². The lowest BCUT2D eigenvalue weighted by Gasteiger charge is -2.26. The van der Waals surface area contributed by atoms with Crippen molar-refractivity contribution < 1.29 is 0 Å². The second-order valence-corrected chi connectivity index (χ2v) is 13.1. The van der Waals surface area contributed by atoms with Crippen LogP contribution in [0.15, 0.2) is 188 Å². The van der Waals surface area contributed by atoms with Crippen LogP contribution in [0.2, 0.25) is 0 Å². The van der Waals surface area contributed by atoms with E-state index in [1.165, 1.54) is 77.4 Å². The van der Waals surface area contributed by atoms with Crippen molar-refractivity contribution in [1.82, 2.24) is 4.98 Å². The predicted molar refractivity (Wildman–Crippen MR) is 211 cm³/mol. The summed E-state index contributed by atoms with van der Waals surface area (Å²) in [6.45, 7) is 0. The summed E-state index contributed by atoms with van der Waals surface area (Å²) in [7, 11) is 0. The van der Waals surface area contributed by atoms with Gasteiger partial charge in [-0.2, -0.15) is 0 Å². The maximum Gasteiger partial charge on any atom is 0.0551 e. The molecule has 9 aromatic rings. The highest BCUT2D eigenvalue weighted by Crippen LogP contribution is 2.50. The molecule has 2 heteroatoms. The molecule has 0 fully saturated rings. The second kappa shape index (κ2) is 11.5. The normalized spacial score (nSPS) is 11.6. The zero-order valence-electron chi connectivity index (χ0n) is 27.3. The quantitative estimate of drug-likeness (QED) is 0.192. The monoisotopic (exact) mass is 636 g/mol. The maximum absolute atomic E-state index is 3.76. The van der Waals surface area contributed by atoms with E-state index in [1.807, 2.05) is 0 Å². The molecular formula is C48H32N2. The Kier molecular flexibility index (Phi) is 6.53. The van der Waals surface area contributed by atoms with Gasteiger partial charge in [-0.05, 0) is 98.2 Å². The molecule has 0 amide bonds. The molecule has 0 unspecified atom stereocenters. The third kappa shape index (κ3) is 4.65. The van der Waals surface area contributed by atoms with Gasteiger partial charge in [0.2, 0.25) is 0 Å². The molecule has 1 aromatic heterocycles. The predicted octanol–water partition coefficient (Wildman–Crippen LogP) is 13.4. The van der Waals surface area contributed by atoms with Gasteiger partial charge in [0, 0.05) is 39.1 Å². The number of H-pyrrole nitrogens is 1. The summed E-state index contributed by atoms with van der Waals surface area (Å²) < 4.78 is 0. The smallest absolute Gasteiger partial charge is 0.0551 e. The maximum atomic E-state index is 3.76. The van der Waals surface area contributed by atoms with Crippen LogP contribution in [0.25, 0.3) is 77.4 Å². The molecule has 1 aliphatic carbocycles. The Morgan fingerprint density at radius 2 is 0.880 bits per heavy atom. The van der Waals surface area contributed by atoms with Crippen molar-refractivity contribution in [3.8, 4) is 55.8 Å². The lowest BCUT2D eigenvalue weighted by atomic mass is 9.98. The standard InChI is InChI=1S/C48H32N2/c1-3-10-32(11-4-1)34-20-25-39(26-21-34)50(40-27-22-35(23-28-40)33-12-5-2-6-13-33)41-17-7-16-37(30-41)38-24-29-45-44(31-38)47-42-18-8-14-36-15-9-19-43(46(36)42)48(47)49-45/h1-31,49H. The van der Waals surface area contributed by atoms with Gasteiger partial charge in [0.25, 0.3) is 0 Å². The minimum Gasteiger partial charge on any atom is -0.354 e. The summed E-state index contributed by atoms with van der Waals surface area (Å²) in [5.41, 5.74) is 16.8. The van der Waals surface area contributed by atoms with Gasteiger partial charge in [-0.1, -0.05) is 140 Å². The third-order valence-electron chi connectivity index (χ3n) is 10.1. The molecular weight excluding hydrogens is 605 g/mol. The number of aromatic nitrogens is 1. The first-order valence-electron chi connectivity index (χ1n) is 17.2. The van der Waals surface area contributed by atoms with Crippen LogP contribution in [-0.4, -0.2) is 4.98 Å².